The summed E-state index contributed by atoms with van der Waals surface area (Å²) in [5.74, 6) is 0. The summed E-state index contributed by atoms with van der Waals surface area (Å²) < 4.78 is 5.84. The number of fused-ring (bicyclic) bond motifs is 1. The predicted molar refractivity (Wildman–Crippen MR) is 71.2 cm³/mol. The minimum absolute atomic E-state index is 0.175. The van der Waals surface area contributed by atoms with E-state index in [0.29, 0.717) is 11.9 Å². The van der Waals surface area contributed by atoms with Gasteiger partial charge >= 0.3 is 11.6 Å². The van der Waals surface area contributed by atoms with Crippen molar-refractivity contribution in [3.63, 3.8) is 0 Å². The monoisotopic (exact) mass is 263 g/mol. The van der Waals surface area contributed by atoms with Crippen LogP contribution in [0.1, 0.15) is 32.6 Å². The summed E-state index contributed by atoms with van der Waals surface area (Å²) in [5.41, 5.74) is -0.303. The van der Waals surface area contributed by atoms with Gasteiger partial charge in [-0.15, -0.1) is 0 Å². The van der Waals surface area contributed by atoms with E-state index in [4.69, 9.17) is 4.52 Å². The third-order valence-electron chi connectivity index (χ3n) is 2.85. The van der Waals surface area contributed by atoms with Crippen molar-refractivity contribution in [2.24, 2.45) is 0 Å². The van der Waals surface area contributed by atoms with Crippen LogP contribution in [-0.2, 0) is 0 Å². The molecule has 102 valence electrons. The molecule has 0 unspecified atom stereocenters. The lowest BCUT2D eigenvalue weighted by Crippen LogP contribution is -2.34. The van der Waals surface area contributed by atoms with Crippen molar-refractivity contribution in [1.82, 2.24) is 15.0 Å². The SMILES string of the molecule is CCCCCCNC(=O)n1oc2ncccc2c1=O. The van der Waals surface area contributed by atoms with E-state index in [0.717, 1.165) is 30.4 Å². The Morgan fingerprint density at radius 2 is 2.26 bits per heavy atom. The van der Waals surface area contributed by atoms with Gasteiger partial charge in [0.1, 0.15) is 5.39 Å². The summed E-state index contributed by atoms with van der Waals surface area (Å²) in [6.07, 6.45) is 5.76. The first kappa shape index (κ1) is 13.3. The maximum atomic E-state index is 11.9. The lowest BCUT2D eigenvalue weighted by atomic mass is 10.2. The summed E-state index contributed by atoms with van der Waals surface area (Å²) in [7, 11) is 0. The fourth-order valence-corrected chi connectivity index (χ4v) is 1.82. The van der Waals surface area contributed by atoms with Crippen LogP contribution < -0.4 is 10.9 Å². The van der Waals surface area contributed by atoms with E-state index in [1.54, 1.807) is 12.1 Å². The molecule has 19 heavy (non-hydrogen) atoms. The molecular weight excluding hydrogens is 246 g/mol. The maximum absolute atomic E-state index is 11.9. The average Bonchev–Trinajstić information content (AvgIpc) is 2.76. The van der Waals surface area contributed by atoms with Crippen molar-refractivity contribution in [2.45, 2.75) is 32.6 Å². The Bertz CT molecular complexity index is 615. The van der Waals surface area contributed by atoms with E-state index in [1.807, 2.05) is 0 Å². The number of nitrogens with one attached hydrogen (secondary N) is 1. The highest BCUT2D eigenvalue weighted by atomic mass is 16.5. The van der Waals surface area contributed by atoms with Crippen LogP contribution in [-0.4, -0.2) is 22.3 Å². The highest BCUT2D eigenvalue weighted by Crippen LogP contribution is 2.05. The van der Waals surface area contributed by atoms with Crippen molar-refractivity contribution >= 4 is 17.1 Å². The number of carbonyl (C=O) groups is 1. The summed E-state index contributed by atoms with van der Waals surface area (Å²) in [4.78, 5) is 27.6. The largest absolute Gasteiger partial charge is 0.358 e. The smallest absolute Gasteiger partial charge is 0.346 e. The number of pyridine rings is 1. The van der Waals surface area contributed by atoms with Gasteiger partial charge in [-0.05, 0) is 18.6 Å². The first-order valence-electron chi connectivity index (χ1n) is 6.49. The summed E-state index contributed by atoms with van der Waals surface area (Å²) in [6.45, 7) is 2.66. The van der Waals surface area contributed by atoms with Crippen molar-refractivity contribution in [2.75, 3.05) is 6.54 Å². The Labute approximate surface area is 110 Å². The lowest BCUT2D eigenvalue weighted by Gasteiger charge is -2.02. The molecule has 1 N–H and O–H groups in total. The van der Waals surface area contributed by atoms with E-state index >= 15 is 0 Å². The molecule has 1 amide bonds. The predicted octanol–water partition coefficient (Wildman–Crippen LogP) is 2.13. The zero-order chi connectivity index (χ0) is 13.7. The fraction of sp³-hybridized carbons (Fsp3) is 0.462. The number of amides is 1. The Balaban J connectivity index is 2.01. The van der Waals surface area contributed by atoms with Gasteiger partial charge in [-0.1, -0.05) is 30.9 Å². The number of hydrogen-bond donors (Lipinski definition) is 1. The molecule has 0 bridgehead atoms. The van der Waals surface area contributed by atoms with Crippen molar-refractivity contribution < 1.29 is 9.32 Å². The van der Waals surface area contributed by atoms with Crippen LogP contribution in [0.2, 0.25) is 0 Å². The van der Waals surface area contributed by atoms with Crippen molar-refractivity contribution in [3.8, 4) is 0 Å². The normalized spacial score (nSPS) is 10.8. The second kappa shape index (κ2) is 6.17. The summed E-state index contributed by atoms with van der Waals surface area (Å²) >= 11 is 0. The topological polar surface area (TPSA) is 77.1 Å². The van der Waals surface area contributed by atoms with Gasteiger partial charge in [-0.3, -0.25) is 4.79 Å². The molecule has 0 saturated carbocycles. The minimum atomic E-state index is -0.542. The first-order chi connectivity index (χ1) is 9.24. The zero-order valence-electron chi connectivity index (χ0n) is 10.9. The third-order valence-corrected chi connectivity index (χ3v) is 2.85. The van der Waals surface area contributed by atoms with E-state index in [-0.39, 0.29) is 5.71 Å². The lowest BCUT2D eigenvalue weighted by molar-refractivity contribution is 0.212. The number of carbonyl (C=O) groups excluding carboxylic acids is 1. The average molecular weight is 263 g/mol. The van der Waals surface area contributed by atoms with Crippen LogP contribution in [0.15, 0.2) is 27.6 Å². The van der Waals surface area contributed by atoms with Crippen LogP contribution in [0.4, 0.5) is 4.79 Å². The Hall–Kier alpha value is -2.11. The minimum Gasteiger partial charge on any atom is -0.346 e. The van der Waals surface area contributed by atoms with Gasteiger partial charge in [0.25, 0.3) is 5.71 Å². The van der Waals surface area contributed by atoms with Crippen LogP contribution in [0, 0.1) is 0 Å². The van der Waals surface area contributed by atoms with Gasteiger partial charge in [-0.2, -0.15) is 0 Å². The maximum Gasteiger partial charge on any atom is 0.358 e. The Morgan fingerprint density at radius 1 is 1.42 bits per heavy atom. The molecule has 0 aliphatic carbocycles. The molecular formula is C13H17N3O3. The highest BCUT2D eigenvalue weighted by Gasteiger charge is 2.15. The van der Waals surface area contributed by atoms with Gasteiger partial charge in [0.05, 0.1) is 0 Å². The first-order valence-corrected chi connectivity index (χ1v) is 6.49. The second-order valence-electron chi connectivity index (χ2n) is 4.34. The van der Waals surface area contributed by atoms with Gasteiger partial charge in [-0.25, -0.2) is 9.78 Å². The van der Waals surface area contributed by atoms with Gasteiger partial charge in [0.15, 0.2) is 0 Å². The number of aromatic nitrogens is 2. The van der Waals surface area contributed by atoms with Crippen LogP contribution in [0.3, 0.4) is 0 Å². The molecule has 0 spiro atoms. The molecule has 0 aliphatic heterocycles. The highest BCUT2D eigenvalue weighted by molar-refractivity contribution is 5.80. The van der Waals surface area contributed by atoms with Crippen LogP contribution >= 0.6 is 0 Å². The van der Waals surface area contributed by atoms with Gasteiger partial charge in [0, 0.05) is 12.7 Å². The quantitative estimate of drug-likeness (QED) is 0.838. The molecule has 6 heteroatoms. The van der Waals surface area contributed by atoms with E-state index in [2.05, 4.69) is 17.2 Å². The third kappa shape index (κ3) is 3.01. The molecule has 0 radical (unpaired) electrons. The molecule has 0 atom stereocenters. The standard InChI is InChI=1S/C13H17N3O3/c1-2-3-4-5-8-15-13(18)16-12(17)10-7-6-9-14-11(10)19-16/h6-7,9H,2-5,8H2,1H3,(H,15,18). The molecule has 0 aliphatic rings. The van der Waals surface area contributed by atoms with E-state index in [9.17, 15) is 9.59 Å². The Morgan fingerprint density at radius 3 is 3.00 bits per heavy atom. The molecule has 0 fully saturated rings. The molecule has 2 aromatic rings. The van der Waals surface area contributed by atoms with Gasteiger partial charge in [0.2, 0.25) is 0 Å². The zero-order valence-corrected chi connectivity index (χ0v) is 10.9. The van der Waals surface area contributed by atoms with E-state index < -0.39 is 11.6 Å². The number of nitrogens with zero attached hydrogens (tertiary/aromatic N) is 2. The summed E-state index contributed by atoms with van der Waals surface area (Å²) in [5, 5.41) is 2.97. The Kier molecular flexibility index (Phi) is 4.33. The molecule has 2 aromatic heterocycles. The van der Waals surface area contributed by atoms with Gasteiger partial charge < -0.3 is 9.84 Å². The van der Waals surface area contributed by atoms with Crippen molar-refractivity contribution in [3.05, 3.63) is 28.7 Å². The molecule has 6 nitrogen and oxygen atoms in total. The molecule has 2 rings (SSSR count). The van der Waals surface area contributed by atoms with Crippen LogP contribution in [0.25, 0.3) is 11.1 Å². The number of rotatable bonds is 5. The van der Waals surface area contributed by atoms with Crippen molar-refractivity contribution in [1.29, 1.82) is 0 Å². The van der Waals surface area contributed by atoms with E-state index in [1.165, 1.54) is 6.20 Å². The molecule has 2 heterocycles. The molecule has 0 saturated heterocycles. The van der Waals surface area contributed by atoms with Crippen LogP contribution in [0.5, 0.6) is 0 Å². The summed E-state index contributed by atoms with van der Waals surface area (Å²) in [6, 6.07) is 2.67. The second-order valence-corrected chi connectivity index (χ2v) is 4.34. The number of hydrogen-bond acceptors (Lipinski definition) is 4. The fourth-order valence-electron chi connectivity index (χ4n) is 1.82. The molecule has 0 aromatic carbocycles. The number of unbranched alkanes of at least 4 members (excludes halogenated alkanes) is 3.